The highest BCUT2D eigenvalue weighted by Crippen LogP contribution is 2.23. The first-order chi connectivity index (χ1) is 26.8. The number of hydrogen-bond donors (Lipinski definition) is 9. The van der Waals surface area contributed by atoms with Crippen molar-refractivity contribution in [2.24, 2.45) is 29.0 Å². The Kier molecular flexibility index (Phi) is 19.8. The number of carbonyl (C=O) groups excluding carboxylic acids is 7. The minimum absolute atomic E-state index is 0.0350. The van der Waals surface area contributed by atoms with Gasteiger partial charge in [0.05, 0.1) is 12.5 Å². The Hall–Kier alpha value is -4.85. The topological polar surface area (TPSA) is 327 Å². The van der Waals surface area contributed by atoms with Crippen molar-refractivity contribution in [2.45, 2.75) is 147 Å². The zero-order chi connectivity index (χ0) is 43.0. The van der Waals surface area contributed by atoms with E-state index in [1.807, 2.05) is 13.8 Å². The van der Waals surface area contributed by atoms with Crippen LogP contribution in [0.25, 0.3) is 0 Å². The van der Waals surface area contributed by atoms with Crippen LogP contribution in [-0.4, -0.2) is 135 Å². The lowest BCUT2D eigenvalue weighted by Gasteiger charge is -2.32. The van der Waals surface area contributed by atoms with Crippen molar-refractivity contribution < 1.29 is 53.4 Å². The summed E-state index contributed by atoms with van der Waals surface area (Å²) in [6.07, 6.45) is 1.27. The van der Waals surface area contributed by atoms with E-state index in [2.05, 4.69) is 21.3 Å². The van der Waals surface area contributed by atoms with Crippen LogP contribution in [0.4, 0.5) is 0 Å². The molecule has 2 aliphatic rings. The largest absolute Gasteiger partial charge is 0.481 e. The summed E-state index contributed by atoms with van der Waals surface area (Å²) in [6.45, 7) is 7.90. The van der Waals surface area contributed by atoms with Gasteiger partial charge in [-0.05, 0) is 82.6 Å². The number of hydrogen-bond acceptors (Lipinski definition) is 11. The molecule has 0 saturated carbocycles. The fourth-order valence-electron chi connectivity index (χ4n) is 7.09. The summed E-state index contributed by atoms with van der Waals surface area (Å²) in [6, 6.07) is -8.43. The molecule has 20 heteroatoms. The lowest BCUT2D eigenvalue weighted by Crippen LogP contribution is -2.60. The number of primary amides is 1. The Morgan fingerprint density at radius 3 is 1.74 bits per heavy atom. The van der Waals surface area contributed by atoms with Gasteiger partial charge in [0.1, 0.15) is 36.3 Å². The number of carbonyl (C=O) groups is 9. The summed E-state index contributed by atoms with van der Waals surface area (Å²) in [5.41, 5.74) is 17.1. The highest BCUT2D eigenvalue weighted by atomic mass is 16.4. The van der Waals surface area contributed by atoms with Crippen molar-refractivity contribution in [1.82, 2.24) is 31.1 Å². The van der Waals surface area contributed by atoms with Crippen LogP contribution in [0.1, 0.15) is 105 Å². The summed E-state index contributed by atoms with van der Waals surface area (Å²) in [5, 5.41) is 29.5. The molecule has 0 aromatic rings. The molecular weight excluding hydrogens is 746 g/mol. The molecular formula is C37H63N9O11. The molecule has 0 aromatic carbocycles. The standard InChI is InChI=1S/C37H63N9O11/c1-20(2)17-22(39)31(50)41-23(9-5-6-14-38)32(51)43-25(18-21(3)4)33(52)42-24(12-13-30(48)49)35(54)45-15-7-10-27(45)34(53)44-26(19-29(40)47)36(55)46-16-8-11-28(46)37(56)57/h20-28H,5-19,38-39H2,1-4H3,(H2,40,47)(H,41,50)(H,42,52)(H,43,51)(H,44,53)(H,48,49)(H,56,57)/t22-,23-,24-,25-,26-,27-,28-/m0/s1. The fraction of sp³-hybridized carbons (Fsp3) is 0.757. The third-order valence-electron chi connectivity index (χ3n) is 9.92. The van der Waals surface area contributed by atoms with Gasteiger partial charge in [0.2, 0.25) is 41.4 Å². The first-order valence-electron chi connectivity index (χ1n) is 19.8. The van der Waals surface area contributed by atoms with E-state index in [1.165, 1.54) is 0 Å². The van der Waals surface area contributed by atoms with E-state index < -0.39 is 108 Å². The van der Waals surface area contributed by atoms with Crippen molar-refractivity contribution in [3.8, 4) is 0 Å². The summed E-state index contributed by atoms with van der Waals surface area (Å²) in [5.74, 6) is -7.87. The zero-order valence-electron chi connectivity index (χ0n) is 33.5. The summed E-state index contributed by atoms with van der Waals surface area (Å²) in [7, 11) is 0. The lowest BCUT2D eigenvalue weighted by atomic mass is 10.00. The number of carboxylic acid groups (broad SMARTS) is 2. The van der Waals surface area contributed by atoms with Crippen LogP contribution in [0.2, 0.25) is 0 Å². The molecule has 12 N–H and O–H groups in total. The van der Waals surface area contributed by atoms with Gasteiger partial charge in [-0.3, -0.25) is 38.4 Å². The molecule has 2 rings (SSSR count). The van der Waals surface area contributed by atoms with Gasteiger partial charge in [-0.15, -0.1) is 0 Å². The summed E-state index contributed by atoms with van der Waals surface area (Å²) in [4.78, 5) is 119. The number of nitrogens with one attached hydrogen (secondary N) is 4. The number of rotatable bonds is 24. The summed E-state index contributed by atoms with van der Waals surface area (Å²) < 4.78 is 0. The van der Waals surface area contributed by atoms with Crippen LogP contribution in [-0.2, 0) is 43.2 Å². The number of nitrogens with zero attached hydrogens (tertiary/aromatic N) is 2. The molecule has 0 aliphatic carbocycles. The van der Waals surface area contributed by atoms with E-state index in [0.717, 1.165) is 9.80 Å². The van der Waals surface area contributed by atoms with Gasteiger partial charge in [-0.2, -0.15) is 0 Å². The third-order valence-corrected chi connectivity index (χ3v) is 9.92. The van der Waals surface area contributed by atoms with E-state index in [-0.39, 0.29) is 57.0 Å². The van der Waals surface area contributed by atoms with Crippen molar-refractivity contribution >= 4 is 53.3 Å². The second kappa shape index (κ2) is 23.4. The maximum absolute atomic E-state index is 14.1. The number of carboxylic acids is 2. The first kappa shape index (κ1) is 48.3. The highest BCUT2D eigenvalue weighted by Gasteiger charge is 2.42. The molecule has 2 saturated heterocycles. The third kappa shape index (κ3) is 15.5. The predicted octanol–water partition coefficient (Wildman–Crippen LogP) is -1.72. The molecule has 0 unspecified atom stereocenters. The Morgan fingerprint density at radius 2 is 1.19 bits per heavy atom. The molecule has 2 heterocycles. The van der Waals surface area contributed by atoms with Crippen LogP contribution in [0.15, 0.2) is 0 Å². The maximum atomic E-state index is 14.1. The molecule has 0 spiro atoms. The van der Waals surface area contributed by atoms with Gasteiger partial charge in [-0.25, -0.2) is 4.79 Å². The van der Waals surface area contributed by atoms with Gasteiger partial charge in [-0.1, -0.05) is 27.7 Å². The van der Waals surface area contributed by atoms with Crippen LogP contribution >= 0.6 is 0 Å². The average molecular weight is 810 g/mol. The number of aliphatic carboxylic acids is 2. The second-order valence-electron chi connectivity index (χ2n) is 15.7. The normalized spacial score (nSPS) is 19.3. The number of nitrogens with two attached hydrogens (primary N) is 3. The van der Waals surface area contributed by atoms with Gasteiger partial charge in [0.25, 0.3) is 0 Å². The summed E-state index contributed by atoms with van der Waals surface area (Å²) >= 11 is 0. The van der Waals surface area contributed by atoms with E-state index in [0.29, 0.717) is 38.6 Å². The van der Waals surface area contributed by atoms with E-state index in [4.69, 9.17) is 17.2 Å². The second-order valence-corrected chi connectivity index (χ2v) is 15.7. The van der Waals surface area contributed by atoms with Gasteiger partial charge >= 0.3 is 11.9 Å². The Morgan fingerprint density at radius 1 is 0.667 bits per heavy atom. The van der Waals surface area contributed by atoms with Gasteiger partial charge in [0, 0.05) is 19.5 Å². The Bertz CT molecular complexity index is 1460. The van der Waals surface area contributed by atoms with Crippen LogP contribution in [0.3, 0.4) is 0 Å². The highest BCUT2D eigenvalue weighted by molar-refractivity contribution is 5.98. The van der Waals surface area contributed by atoms with Crippen molar-refractivity contribution in [3.05, 3.63) is 0 Å². The van der Waals surface area contributed by atoms with Crippen molar-refractivity contribution in [2.75, 3.05) is 19.6 Å². The van der Waals surface area contributed by atoms with Gasteiger partial charge < -0.3 is 58.5 Å². The quantitative estimate of drug-likeness (QED) is 0.0491. The van der Waals surface area contributed by atoms with Gasteiger partial charge in [0.15, 0.2) is 0 Å². The van der Waals surface area contributed by atoms with E-state index in [9.17, 15) is 53.4 Å². The predicted molar refractivity (Wildman–Crippen MR) is 205 cm³/mol. The molecule has 2 fully saturated rings. The smallest absolute Gasteiger partial charge is 0.326 e. The molecule has 0 radical (unpaired) electrons. The molecule has 7 atom stereocenters. The lowest BCUT2D eigenvalue weighted by molar-refractivity contribution is -0.150. The maximum Gasteiger partial charge on any atom is 0.326 e. The fourth-order valence-corrected chi connectivity index (χ4v) is 7.09. The molecule has 2 aliphatic heterocycles. The first-order valence-corrected chi connectivity index (χ1v) is 19.8. The number of amides is 7. The van der Waals surface area contributed by atoms with Crippen LogP contribution in [0, 0.1) is 11.8 Å². The molecule has 0 aromatic heterocycles. The molecule has 0 bridgehead atoms. The van der Waals surface area contributed by atoms with E-state index in [1.54, 1.807) is 13.8 Å². The average Bonchev–Trinajstić information content (AvgIpc) is 3.82. The Labute approximate surface area is 333 Å². The van der Waals surface area contributed by atoms with Crippen molar-refractivity contribution in [1.29, 1.82) is 0 Å². The monoisotopic (exact) mass is 809 g/mol. The molecule has 57 heavy (non-hydrogen) atoms. The SMILES string of the molecule is CC(C)C[C@H](NC(=O)[C@H](CCCCN)NC(=O)[C@@H](N)CC(C)C)C(=O)N[C@@H](CCC(=O)O)C(=O)N1CCC[C@H]1C(=O)N[C@@H](CC(N)=O)C(=O)N1CCC[C@H]1C(=O)O. The van der Waals surface area contributed by atoms with Crippen molar-refractivity contribution in [3.63, 3.8) is 0 Å². The van der Waals surface area contributed by atoms with Crippen LogP contribution < -0.4 is 38.5 Å². The molecule has 7 amide bonds. The Balaban J connectivity index is 2.31. The minimum Gasteiger partial charge on any atom is -0.481 e. The minimum atomic E-state index is -1.51. The number of likely N-dealkylation sites (tertiary alicyclic amines) is 2. The van der Waals surface area contributed by atoms with E-state index >= 15 is 0 Å². The zero-order valence-corrected chi connectivity index (χ0v) is 33.5. The molecule has 20 nitrogen and oxygen atoms in total. The molecule has 322 valence electrons. The van der Waals surface area contributed by atoms with Crippen LogP contribution in [0.5, 0.6) is 0 Å². The number of unbranched alkanes of at least 4 members (excludes halogenated alkanes) is 1.